The van der Waals surface area contributed by atoms with E-state index in [9.17, 15) is 4.79 Å². The third-order valence-corrected chi connectivity index (χ3v) is 3.86. The number of carbonyl (C=O) groups excluding carboxylic acids is 1. The zero-order valence-electron chi connectivity index (χ0n) is 14.0. The first-order chi connectivity index (χ1) is 10.6. The summed E-state index contributed by atoms with van der Waals surface area (Å²) in [5, 5.41) is 8.17. The molecule has 6 nitrogen and oxygen atoms in total. The molecule has 0 aliphatic carbocycles. The number of rotatable bonds is 4. The Morgan fingerprint density at radius 3 is 2.57 bits per heavy atom. The molecule has 2 heterocycles. The molecule has 0 radical (unpaired) electrons. The number of aryl methyl sites for hydroxylation is 1. The van der Waals surface area contributed by atoms with Crippen molar-refractivity contribution in [2.45, 2.75) is 46.2 Å². The number of nitrogens with two attached hydrogens (primary N) is 1. The van der Waals surface area contributed by atoms with Crippen molar-refractivity contribution >= 4 is 23.3 Å². The lowest BCUT2D eigenvalue weighted by Gasteiger charge is -2.19. The van der Waals surface area contributed by atoms with E-state index in [4.69, 9.17) is 17.3 Å². The molecule has 0 aromatic carbocycles. The second-order valence-corrected chi connectivity index (χ2v) is 6.98. The summed E-state index contributed by atoms with van der Waals surface area (Å²) >= 11 is 6.17. The summed E-state index contributed by atoms with van der Waals surface area (Å²) in [7, 11) is 0. The second-order valence-electron chi connectivity index (χ2n) is 6.57. The van der Waals surface area contributed by atoms with Crippen LogP contribution >= 0.6 is 11.6 Å². The molecule has 0 bridgehead atoms. The first-order valence-corrected chi connectivity index (χ1v) is 7.76. The van der Waals surface area contributed by atoms with Crippen LogP contribution in [-0.2, 0) is 5.54 Å². The predicted molar refractivity (Wildman–Crippen MR) is 91.8 cm³/mol. The molecule has 3 N–H and O–H groups in total. The Morgan fingerprint density at radius 1 is 1.43 bits per heavy atom. The Morgan fingerprint density at radius 2 is 2.09 bits per heavy atom. The predicted octanol–water partition coefficient (Wildman–Crippen LogP) is 3.27. The van der Waals surface area contributed by atoms with Crippen LogP contribution in [0.3, 0.4) is 0 Å². The number of hydrogen-bond acceptors (Lipinski definition) is 4. The largest absolute Gasteiger partial charge is 0.366 e. The number of anilines is 1. The minimum absolute atomic E-state index is 0.0319. The van der Waals surface area contributed by atoms with Gasteiger partial charge >= 0.3 is 0 Å². The minimum Gasteiger partial charge on any atom is -0.366 e. The summed E-state index contributed by atoms with van der Waals surface area (Å²) < 4.78 is 1.95. The lowest BCUT2D eigenvalue weighted by molar-refractivity contribution is 0.1000. The molecule has 2 rings (SSSR count). The van der Waals surface area contributed by atoms with Crippen molar-refractivity contribution in [3.05, 3.63) is 40.3 Å². The molecule has 0 aliphatic heterocycles. The van der Waals surface area contributed by atoms with Crippen molar-refractivity contribution in [3.8, 4) is 0 Å². The number of carbonyl (C=O) groups is 1. The summed E-state index contributed by atoms with van der Waals surface area (Å²) in [6, 6.07) is 1.48. The highest BCUT2D eigenvalue weighted by molar-refractivity contribution is 6.33. The quantitative estimate of drug-likeness (QED) is 0.897. The summed E-state index contributed by atoms with van der Waals surface area (Å²) in [6.45, 7) is 10.3. The topological polar surface area (TPSA) is 85.8 Å². The van der Waals surface area contributed by atoms with Gasteiger partial charge in [0.1, 0.15) is 5.82 Å². The van der Waals surface area contributed by atoms with Gasteiger partial charge in [-0.2, -0.15) is 5.10 Å². The fraction of sp³-hybridized carbons (Fsp3) is 0.438. The Hall–Kier alpha value is -2.08. The van der Waals surface area contributed by atoms with Gasteiger partial charge in [-0.15, -0.1) is 0 Å². The highest BCUT2D eigenvalue weighted by Gasteiger charge is 2.20. The molecule has 1 amide bonds. The Bertz CT molecular complexity index is 733. The fourth-order valence-corrected chi connectivity index (χ4v) is 2.42. The molecule has 0 fully saturated rings. The van der Waals surface area contributed by atoms with Crippen molar-refractivity contribution in [3.63, 3.8) is 0 Å². The Kier molecular flexibility index (Phi) is 4.66. The average Bonchev–Trinajstić information content (AvgIpc) is 2.83. The van der Waals surface area contributed by atoms with E-state index >= 15 is 0 Å². The fourth-order valence-electron chi connectivity index (χ4n) is 2.20. The van der Waals surface area contributed by atoms with Crippen LogP contribution in [0.25, 0.3) is 0 Å². The molecule has 0 saturated heterocycles. The lowest BCUT2D eigenvalue weighted by Crippen LogP contribution is -2.22. The molecule has 1 atom stereocenters. The zero-order chi connectivity index (χ0) is 17.4. The number of nitrogens with zero attached hydrogens (tertiary/aromatic N) is 3. The normalized spacial score (nSPS) is 13.0. The van der Waals surface area contributed by atoms with Crippen molar-refractivity contribution in [1.82, 2.24) is 14.8 Å². The standard InChI is InChI=1S/C16H22ClN5O/c1-9(12-8-22(16(3,4)5)21-10(12)2)20-15-13(17)6-11(7-19-15)14(18)23/h6-9H,1-5H3,(H2,18,23)(H,19,20). The molecule has 0 aliphatic rings. The van der Waals surface area contributed by atoms with Crippen molar-refractivity contribution in [2.75, 3.05) is 5.32 Å². The summed E-state index contributed by atoms with van der Waals surface area (Å²) in [5.41, 5.74) is 7.44. The highest BCUT2D eigenvalue weighted by atomic mass is 35.5. The van der Waals surface area contributed by atoms with Crippen LogP contribution in [0, 0.1) is 6.92 Å². The van der Waals surface area contributed by atoms with E-state index in [2.05, 4.69) is 36.2 Å². The van der Waals surface area contributed by atoms with E-state index in [1.54, 1.807) is 0 Å². The smallest absolute Gasteiger partial charge is 0.250 e. The molecular formula is C16H22ClN5O. The van der Waals surface area contributed by atoms with Gasteiger partial charge in [-0.25, -0.2) is 4.98 Å². The van der Waals surface area contributed by atoms with Gasteiger partial charge in [-0.3, -0.25) is 9.48 Å². The van der Waals surface area contributed by atoms with Crippen molar-refractivity contribution in [2.24, 2.45) is 5.73 Å². The maximum atomic E-state index is 11.1. The molecule has 2 aromatic rings. The van der Waals surface area contributed by atoms with Crippen LogP contribution < -0.4 is 11.1 Å². The maximum absolute atomic E-state index is 11.1. The molecule has 23 heavy (non-hydrogen) atoms. The van der Waals surface area contributed by atoms with Crippen LogP contribution in [-0.4, -0.2) is 20.7 Å². The van der Waals surface area contributed by atoms with E-state index < -0.39 is 5.91 Å². The van der Waals surface area contributed by atoms with Gasteiger partial charge in [0.25, 0.3) is 0 Å². The monoisotopic (exact) mass is 335 g/mol. The third-order valence-electron chi connectivity index (χ3n) is 3.57. The number of primary amides is 1. The molecule has 7 heteroatoms. The van der Waals surface area contributed by atoms with Crippen LogP contribution in [0.5, 0.6) is 0 Å². The highest BCUT2D eigenvalue weighted by Crippen LogP contribution is 2.27. The zero-order valence-corrected chi connectivity index (χ0v) is 14.8. The van der Waals surface area contributed by atoms with Gasteiger partial charge in [0.2, 0.25) is 5.91 Å². The van der Waals surface area contributed by atoms with Gasteiger partial charge in [-0.05, 0) is 40.7 Å². The molecular weight excluding hydrogens is 314 g/mol. The van der Waals surface area contributed by atoms with Gasteiger partial charge in [0.15, 0.2) is 0 Å². The summed E-state index contributed by atoms with van der Waals surface area (Å²) in [4.78, 5) is 15.3. The number of aromatic nitrogens is 3. The molecule has 1 unspecified atom stereocenters. The van der Waals surface area contributed by atoms with Crippen molar-refractivity contribution in [1.29, 1.82) is 0 Å². The Labute approximate surface area is 141 Å². The van der Waals surface area contributed by atoms with Crippen LogP contribution in [0.1, 0.15) is 55.4 Å². The van der Waals surface area contributed by atoms with Gasteiger partial charge < -0.3 is 11.1 Å². The van der Waals surface area contributed by atoms with Crippen LogP contribution in [0.15, 0.2) is 18.5 Å². The molecule has 0 spiro atoms. The Balaban J connectivity index is 2.24. The lowest BCUT2D eigenvalue weighted by atomic mass is 10.1. The van der Waals surface area contributed by atoms with Gasteiger partial charge in [0, 0.05) is 18.0 Å². The number of nitrogens with one attached hydrogen (secondary N) is 1. The minimum atomic E-state index is -0.554. The van der Waals surface area contributed by atoms with Crippen LogP contribution in [0.2, 0.25) is 5.02 Å². The third kappa shape index (κ3) is 3.82. The van der Waals surface area contributed by atoms with E-state index in [1.807, 2.05) is 24.7 Å². The molecule has 0 saturated carbocycles. The summed E-state index contributed by atoms with van der Waals surface area (Å²) in [5.74, 6) is -0.0478. The number of pyridine rings is 1. The van der Waals surface area contributed by atoms with E-state index in [1.165, 1.54) is 12.3 Å². The summed E-state index contributed by atoms with van der Waals surface area (Å²) in [6.07, 6.45) is 3.44. The van der Waals surface area contributed by atoms with Gasteiger partial charge in [-0.1, -0.05) is 11.6 Å². The van der Waals surface area contributed by atoms with E-state index in [0.717, 1.165) is 11.3 Å². The first kappa shape index (κ1) is 17.3. The molecule has 124 valence electrons. The molecule has 2 aromatic heterocycles. The van der Waals surface area contributed by atoms with Crippen LogP contribution in [0.4, 0.5) is 5.82 Å². The SMILES string of the molecule is Cc1nn(C(C)(C)C)cc1C(C)Nc1ncc(C(N)=O)cc1Cl. The number of amides is 1. The average molecular weight is 336 g/mol. The number of halogens is 1. The second kappa shape index (κ2) is 6.20. The first-order valence-electron chi connectivity index (χ1n) is 7.38. The van der Waals surface area contributed by atoms with Crippen molar-refractivity contribution < 1.29 is 4.79 Å². The van der Waals surface area contributed by atoms with Gasteiger partial charge in [0.05, 0.1) is 27.9 Å². The van der Waals surface area contributed by atoms with E-state index in [0.29, 0.717) is 10.8 Å². The number of hydrogen-bond donors (Lipinski definition) is 2. The van der Waals surface area contributed by atoms with E-state index in [-0.39, 0.29) is 17.1 Å². The maximum Gasteiger partial charge on any atom is 0.250 e.